The highest BCUT2D eigenvalue weighted by Crippen LogP contribution is 2.32. The Labute approximate surface area is 141 Å². The topological polar surface area (TPSA) is 48.0 Å². The molecule has 0 N–H and O–H groups in total. The molecule has 0 unspecified atom stereocenters. The average Bonchev–Trinajstić information content (AvgIpc) is 2.80. The van der Waals surface area contributed by atoms with Gasteiger partial charge < -0.3 is 14.2 Å². The van der Waals surface area contributed by atoms with Crippen molar-refractivity contribution >= 4 is 5.97 Å². The summed E-state index contributed by atoms with van der Waals surface area (Å²) >= 11 is 0. The van der Waals surface area contributed by atoms with Crippen LogP contribution in [0.5, 0.6) is 5.75 Å². The molecular weight excluding hydrogens is 306 g/mol. The van der Waals surface area contributed by atoms with E-state index in [0.29, 0.717) is 25.4 Å². The van der Waals surface area contributed by atoms with E-state index in [-0.39, 0.29) is 12.0 Å². The minimum Gasteiger partial charge on any atom is -0.491 e. The Morgan fingerprint density at radius 2 is 2.00 bits per heavy atom. The SMILES string of the molecule is COCN1Cc2ccc(C(=O)OC)cc2OC[C@@H]1c1ccccc1. The van der Waals surface area contributed by atoms with Crippen LogP contribution < -0.4 is 4.74 Å². The number of benzene rings is 2. The van der Waals surface area contributed by atoms with Crippen LogP contribution in [-0.4, -0.2) is 38.4 Å². The maximum absolute atomic E-state index is 11.7. The molecule has 1 aliphatic rings. The van der Waals surface area contributed by atoms with Gasteiger partial charge in [0.25, 0.3) is 0 Å². The molecule has 5 heteroatoms. The van der Waals surface area contributed by atoms with E-state index in [1.165, 1.54) is 12.7 Å². The molecule has 0 bridgehead atoms. The lowest BCUT2D eigenvalue weighted by atomic mass is 10.1. The maximum Gasteiger partial charge on any atom is 0.337 e. The van der Waals surface area contributed by atoms with Gasteiger partial charge in [-0.15, -0.1) is 0 Å². The number of hydrogen-bond acceptors (Lipinski definition) is 5. The van der Waals surface area contributed by atoms with Crippen molar-refractivity contribution in [3.05, 3.63) is 65.2 Å². The van der Waals surface area contributed by atoms with Gasteiger partial charge in [-0.05, 0) is 17.7 Å². The fourth-order valence-corrected chi connectivity index (χ4v) is 2.95. The van der Waals surface area contributed by atoms with Crippen LogP contribution in [-0.2, 0) is 16.0 Å². The predicted octanol–water partition coefficient (Wildman–Crippen LogP) is 3.01. The van der Waals surface area contributed by atoms with Crippen molar-refractivity contribution in [2.24, 2.45) is 0 Å². The monoisotopic (exact) mass is 327 g/mol. The van der Waals surface area contributed by atoms with Gasteiger partial charge in [0.05, 0.1) is 25.4 Å². The molecule has 0 aliphatic carbocycles. The van der Waals surface area contributed by atoms with Gasteiger partial charge in [-0.3, -0.25) is 4.90 Å². The fourth-order valence-electron chi connectivity index (χ4n) is 2.95. The highest BCUT2D eigenvalue weighted by atomic mass is 16.5. The molecule has 5 nitrogen and oxygen atoms in total. The van der Waals surface area contributed by atoms with Crippen molar-refractivity contribution in [2.75, 3.05) is 27.6 Å². The lowest BCUT2D eigenvalue weighted by Gasteiger charge is -2.28. The summed E-state index contributed by atoms with van der Waals surface area (Å²) in [6.45, 7) is 1.68. The number of esters is 1. The summed E-state index contributed by atoms with van der Waals surface area (Å²) < 4.78 is 16.2. The quantitative estimate of drug-likeness (QED) is 0.808. The van der Waals surface area contributed by atoms with Crippen LogP contribution in [0.15, 0.2) is 48.5 Å². The zero-order valence-corrected chi connectivity index (χ0v) is 13.9. The second-order valence-electron chi connectivity index (χ2n) is 5.72. The first-order chi connectivity index (χ1) is 11.7. The van der Waals surface area contributed by atoms with Crippen LogP contribution in [0.1, 0.15) is 27.5 Å². The Hall–Kier alpha value is -2.37. The minimum absolute atomic E-state index is 0.0835. The molecule has 0 radical (unpaired) electrons. The van der Waals surface area contributed by atoms with Crippen LogP contribution in [0.4, 0.5) is 0 Å². The number of hydrogen-bond donors (Lipinski definition) is 0. The Bertz CT molecular complexity index is 702. The summed E-state index contributed by atoms with van der Waals surface area (Å²) in [5, 5.41) is 0. The summed E-state index contributed by atoms with van der Waals surface area (Å²) in [5.41, 5.74) is 2.70. The van der Waals surface area contributed by atoms with Crippen LogP contribution in [0, 0.1) is 0 Å². The summed E-state index contributed by atoms with van der Waals surface area (Å²) in [6.07, 6.45) is 0. The molecule has 2 aromatic carbocycles. The molecule has 2 aromatic rings. The standard InChI is InChI=1S/C19H21NO4/c1-22-13-20-11-16-9-8-15(19(21)23-2)10-18(16)24-12-17(20)14-6-4-3-5-7-14/h3-10,17H,11-13H2,1-2H3/t17-/m1/s1. The third kappa shape index (κ3) is 3.42. The summed E-state index contributed by atoms with van der Waals surface area (Å²) in [6, 6.07) is 15.7. The van der Waals surface area contributed by atoms with Gasteiger partial charge in [0.15, 0.2) is 0 Å². The molecule has 24 heavy (non-hydrogen) atoms. The number of fused-ring (bicyclic) bond motifs is 1. The summed E-state index contributed by atoms with van der Waals surface area (Å²) in [5.74, 6) is 0.358. The second-order valence-corrected chi connectivity index (χ2v) is 5.72. The molecular formula is C19H21NO4. The highest BCUT2D eigenvalue weighted by molar-refractivity contribution is 5.89. The molecule has 0 saturated carbocycles. The van der Waals surface area contributed by atoms with Crippen LogP contribution in [0.3, 0.4) is 0 Å². The largest absolute Gasteiger partial charge is 0.491 e. The number of nitrogens with zero attached hydrogens (tertiary/aromatic N) is 1. The third-order valence-electron chi connectivity index (χ3n) is 4.18. The first kappa shape index (κ1) is 16.5. The van der Waals surface area contributed by atoms with Crippen LogP contribution in [0.25, 0.3) is 0 Å². The Kier molecular flexibility index (Phi) is 5.13. The van der Waals surface area contributed by atoms with E-state index in [0.717, 1.165) is 11.3 Å². The van der Waals surface area contributed by atoms with Crippen molar-refractivity contribution in [1.82, 2.24) is 4.90 Å². The van der Waals surface area contributed by atoms with E-state index >= 15 is 0 Å². The van der Waals surface area contributed by atoms with E-state index in [1.54, 1.807) is 19.2 Å². The van der Waals surface area contributed by atoms with E-state index in [2.05, 4.69) is 17.0 Å². The Morgan fingerprint density at radius 3 is 2.71 bits per heavy atom. The molecule has 0 amide bonds. The lowest BCUT2D eigenvalue weighted by molar-refractivity contribution is 0.0181. The molecule has 1 atom stereocenters. The van der Waals surface area contributed by atoms with Gasteiger partial charge in [0.1, 0.15) is 12.4 Å². The second kappa shape index (κ2) is 7.47. The zero-order chi connectivity index (χ0) is 16.9. The minimum atomic E-state index is -0.362. The van der Waals surface area contributed by atoms with Crippen molar-refractivity contribution in [2.45, 2.75) is 12.6 Å². The Morgan fingerprint density at radius 1 is 1.21 bits per heavy atom. The number of carbonyl (C=O) groups is 1. The predicted molar refractivity (Wildman–Crippen MR) is 89.9 cm³/mol. The first-order valence-corrected chi connectivity index (χ1v) is 7.85. The third-order valence-corrected chi connectivity index (χ3v) is 4.18. The molecule has 0 saturated heterocycles. The molecule has 3 rings (SSSR count). The Balaban J connectivity index is 1.91. The van der Waals surface area contributed by atoms with E-state index in [4.69, 9.17) is 14.2 Å². The maximum atomic E-state index is 11.7. The molecule has 1 aliphatic heterocycles. The molecule has 0 spiro atoms. The van der Waals surface area contributed by atoms with E-state index < -0.39 is 0 Å². The van der Waals surface area contributed by atoms with Crippen LogP contribution >= 0.6 is 0 Å². The summed E-state index contributed by atoms with van der Waals surface area (Å²) in [7, 11) is 3.07. The van der Waals surface area contributed by atoms with Crippen molar-refractivity contribution in [3.63, 3.8) is 0 Å². The average molecular weight is 327 g/mol. The van der Waals surface area contributed by atoms with Gasteiger partial charge in [0, 0.05) is 19.2 Å². The molecule has 1 heterocycles. The fraction of sp³-hybridized carbons (Fsp3) is 0.316. The van der Waals surface area contributed by atoms with Gasteiger partial charge in [-0.25, -0.2) is 4.79 Å². The van der Waals surface area contributed by atoms with E-state index in [9.17, 15) is 4.79 Å². The molecule has 0 fully saturated rings. The number of ether oxygens (including phenoxy) is 3. The molecule has 126 valence electrons. The number of rotatable bonds is 4. The molecule has 0 aromatic heterocycles. The van der Waals surface area contributed by atoms with Crippen molar-refractivity contribution < 1.29 is 19.0 Å². The number of carbonyl (C=O) groups excluding carboxylic acids is 1. The summed E-state index contributed by atoms with van der Waals surface area (Å²) in [4.78, 5) is 14.0. The first-order valence-electron chi connectivity index (χ1n) is 7.85. The lowest BCUT2D eigenvalue weighted by Crippen LogP contribution is -2.32. The van der Waals surface area contributed by atoms with Gasteiger partial charge >= 0.3 is 5.97 Å². The van der Waals surface area contributed by atoms with Gasteiger partial charge in [-0.1, -0.05) is 36.4 Å². The van der Waals surface area contributed by atoms with Crippen LogP contribution in [0.2, 0.25) is 0 Å². The van der Waals surface area contributed by atoms with E-state index in [1.807, 2.05) is 24.3 Å². The van der Waals surface area contributed by atoms with Gasteiger partial charge in [0.2, 0.25) is 0 Å². The highest BCUT2D eigenvalue weighted by Gasteiger charge is 2.26. The smallest absolute Gasteiger partial charge is 0.337 e. The normalized spacial score (nSPS) is 17.5. The van der Waals surface area contributed by atoms with Crippen molar-refractivity contribution in [3.8, 4) is 5.75 Å². The van der Waals surface area contributed by atoms with Gasteiger partial charge in [-0.2, -0.15) is 0 Å². The number of methoxy groups -OCH3 is 2. The zero-order valence-electron chi connectivity index (χ0n) is 13.9. The van der Waals surface area contributed by atoms with Crippen molar-refractivity contribution in [1.29, 1.82) is 0 Å².